The molecule has 1 atom stereocenters. The summed E-state index contributed by atoms with van der Waals surface area (Å²) in [6, 6.07) is 0. The number of fused-ring (bicyclic) bond motifs is 1. The fraction of sp³-hybridized carbons (Fsp3) is 0.636. The summed E-state index contributed by atoms with van der Waals surface area (Å²) in [6.07, 6.45) is 2.45. The summed E-state index contributed by atoms with van der Waals surface area (Å²) in [6.45, 7) is 6.80. The summed E-state index contributed by atoms with van der Waals surface area (Å²) in [7, 11) is 0. The average Bonchev–Trinajstić information content (AvgIpc) is 2.60. The van der Waals surface area contributed by atoms with Gasteiger partial charge in [0.2, 0.25) is 0 Å². The molecule has 72 valence electrons. The minimum atomic E-state index is 0.772. The Labute approximate surface area is 84.2 Å². The summed E-state index contributed by atoms with van der Waals surface area (Å²) in [4.78, 5) is 1.65. The van der Waals surface area contributed by atoms with E-state index >= 15 is 0 Å². The van der Waals surface area contributed by atoms with Crippen molar-refractivity contribution in [1.82, 2.24) is 5.32 Å². The second kappa shape index (κ2) is 3.81. The van der Waals surface area contributed by atoms with Gasteiger partial charge in [-0.25, -0.2) is 0 Å². The lowest BCUT2D eigenvalue weighted by Gasteiger charge is -2.22. The van der Waals surface area contributed by atoms with Gasteiger partial charge in [-0.1, -0.05) is 13.8 Å². The Hall–Kier alpha value is -0.340. The van der Waals surface area contributed by atoms with Crippen LogP contribution >= 0.6 is 11.3 Å². The van der Waals surface area contributed by atoms with Crippen molar-refractivity contribution in [3.63, 3.8) is 0 Å². The zero-order valence-corrected chi connectivity index (χ0v) is 9.21. The van der Waals surface area contributed by atoms with Gasteiger partial charge in [-0.15, -0.1) is 11.3 Å². The molecule has 0 bridgehead atoms. The van der Waals surface area contributed by atoms with Crippen LogP contribution < -0.4 is 5.32 Å². The normalized spacial score (nSPS) is 21.5. The quantitative estimate of drug-likeness (QED) is 0.765. The van der Waals surface area contributed by atoms with Gasteiger partial charge >= 0.3 is 0 Å². The molecule has 0 spiro atoms. The highest BCUT2D eigenvalue weighted by atomic mass is 32.1. The first-order chi connectivity index (χ1) is 6.36. The molecular weight excluding hydrogens is 178 g/mol. The zero-order chi connectivity index (χ0) is 9.26. The highest BCUT2D eigenvalue weighted by molar-refractivity contribution is 7.10. The van der Waals surface area contributed by atoms with Crippen molar-refractivity contribution in [2.75, 3.05) is 6.54 Å². The van der Waals surface area contributed by atoms with Gasteiger partial charge in [0.05, 0.1) is 0 Å². The molecule has 1 aliphatic heterocycles. The minimum absolute atomic E-state index is 0.772. The average molecular weight is 195 g/mol. The van der Waals surface area contributed by atoms with Crippen LogP contribution in [0.3, 0.4) is 0 Å². The molecule has 2 heteroatoms. The van der Waals surface area contributed by atoms with Crippen LogP contribution in [0, 0.1) is 0 Å². The molecule has 13 heavy (non-hydrogen) atoms. The fourth-order valence-corrected chi connectivity index (χ4v) is 3.44. The smallest absolute Gasteiger partial charge is 0.0219 e. The number of hydrogen-bond acceptors (Lipinski definition) is 2. The van der Waals surface area contributed by atoms with E-state index in [9.17, 15) is 0 Å². The van der Waals surface area contributed by atoms with Crippen molar-refractivity contribution >= 4 is 11.3 Å². The van der Waals surface area contributed by atoms with Gasteiger partial charge in [0.1, 0.15) is 0 Å². The van der Waals surface area contributed by atoms with Gasteiger partial charge in [-0.3, -0.25) is 0 Å². The molecule has 0 radical (unpaired) electrons. The molecule has 0 saturated heterocycles. The van der Waals surface area contributed by atoms with Crippen LogP contribution in [0.4, 0.5) is 0 Å². The fourth-order valence-electron chi connectivity index (χ4n) is 2.07. The summed E-state index contributed by atoms with van der Waals surface area (Å²) in [5, 5.41) is 5.86. The molecule has 2 rings (SSSR count). The largest absolute Gasteiger partial charge is 0.312 e. The first-order valence-corrected chi connectivity index (χ1v) is 6.04. The Bertz CT molecular complexity index is 290. The predicted molar refractivity (Wildman–Crippen MR) is 58.4 cm³/mol. The molecule has 1 aliphatic rings. The standard InChI is InChI=1S/C11H17NS/c1-3-8-5-12-6-10-9(4-2)7-13-11(8)10/h7-8,12H,3-6H2,1-2H3. The van der Waals surface area contributed by atoms with Crippen molar-refractivity contribution in [2.45, 2.75) is 39.2 Å². The Morgan fingerprint density at radius 2 is 2.38 bits per heavy atom. The molecule has 0 fully saturated rings. The minimum Gasteiger partial charge on any atom is -0.312 e. The van der Waals surface area contributed by atoms with E-state index in [-0.39, 0.29) is 0 Å². The molecule has 0 saturated carbocycles. The van der Waals surface area contributed by atoms with Crippen molar-refractivity contribution in [2.24, 2.45) is 0 Å². The molecule has 2 heterocycles. The lowest BCUT2D eigenvalue weighted by Crippen LogP contribution is -2.27. The Kier molecular flexibility index (Phi) is 2.70. The van der Waals surface area contributed by atoms with Crippen molar-refractivity contribution < 1.29 is 0 Å². The van der Waals surface area contributed by atoms with Crippen molar-refractivity contribution in [1.29, 1.82) is 0 Å². The van der Waals surface area contributed by atoms with Gasteiger partial charge in [0.25, 0.3) is 0 Å². The Morgan fingerprint density at radius 3 is 3.08 bits per heavy atom. The summed E-state index contributed by atoms with van der Waals surface area (Å²) >= 11 is 1.97. The van der Waals surface area contributed by atoms with Crippen LogP contribution in [0.1, 0.15) is 42.2 Å². The maximum Gasteiger partial charge on any atom is 0.0219 e. The summed E-state index contributed by atoms with van der Waals surface area (Å²) in [5.74, 6) is 0.772. The molecule has 0 aromatic carbocycles. The van der Waals surface area contributed by atoms with E-state index in [4.69, 9.17) is 0 Å². The third kappa shape index (κ3) is 1.53. The molecular formula is C11H17NS. The van der Waals surface area contributed by atoms with Crippen LogP contribution in [-0.4, -0.2) is 6.54 Å². The third-order valence-corrected chi connectivity index (χ3v) is 4.19. The lowest BCUT2D eigenvalue weighted by atomic mass is 9.95. The molecule has 1 nitrogen and oxygen atoms in total. The van der Waals surface area contributed by atoms with Crippen molar-refractivity contribution in [3.05, 3.63) is 21.4 Å². The van der Waals surface area contributed by atoms with E-state index in [2.05, 4.69) is 24.5 Å². The maximum absolute atomic E-state index is 3.51. The number of rotatable bonds is 2. The molecule has 0 amide bonds. The topological polar surface area (TPSA) is 12.0 Å². The van der Waals surface area contributed by atoms with Crippen molar-refractivity contribution in [3.8, 4) is 0 Å². The monoisotopic (exact) mass is 195 g/mol. The van der Waals surface area contributed by atoms with Gasteiger partial charge in [0.15, 0.2) is 0 Å². The number of thiophene rings is 1. The van der Waals surface area contributed by atoms with E-state index < -0.39 is 0 Å². The van der Waals surface area contributed by atoms with E-state index in [0.717, 1.165) is 12.5 Å². The second-order valence-corrected chi connectivity index (χ2v) is 4.60. The van der Waals surface area contributed by atoms with E-state index in [1.807, 2.05) is 11.3 Å². The number of hydrogen-bond donors (Lipinski definition) is 1. The van der Waals surface area contributed by atoms with Crippen LogP contribution in [0.5, 0.6) is 0 Å². The van der Waals surface area contributed by atoms with E-state index in [1.54, 1.807) is 16.0 Å². The van der Waals surface area contributed by atoms with Gasteiger partial charge in [0, 0.05) is 23.9 Å². The highest BCUT2D eigenvalue weighted by Crippen LogP contribution is 2.34. The van der Waals surface area contributed by atoms with Gasteiger partial charge < -0.3 is 5.32 Å². The lowest BCUT2D eigenvalue weighted by molar-refractivity contribution is 0.537. The molecule has 1 aromatic rings. The second-order valence-electron chi connectivity index (χ2n) is 3.69. The molecule has 1 aromatic heterocycles. The SMILES string of the molecule is CCc1csc2c1CNCC2CC. The zero-order valence-electron chi connectivity index (χ0n) is 8.39. The van der Waals surface area contributed by atoms with E-state index in [0.29, 0.717) is 0 Å². The maximum atomic E-state index is 3.51. The first-order valence-electron chi connectivity index (χ1n) is 5.16. The molecule has 1 unspecified atom stereocenters. The van der Waals surface area contributed by atoms with E-state index in [1.165, 1.54) is 19.4 Å². The van der Waals surface area contributed by atoms with Crippen LogP contribution in [-0.2, 0) is 13.0 Å². The van der Waals surface area contributed by atoms with Gasteiger partial charge in [-0.05, 0) is 29.3 Å². The molecule has 1 N–H and O–H groups in total. The summed E-state index contributed by atoms with van der Waals surface area (Å²) < 4.78 is 0. The van der Waals surface area contributed by atoms with Crippen LogP contribution in [0.15, 0.2) is 5.38 Å². The first kappa shape index (κ1) is 9.22. The predicted octanol–water partition coefficient (Wildman–Crippen LogP) is 2.91. The van der Waals surface area contributed by atoms with Crippen LogP contribution in [0.2, 0.25) is 0 Å². The molecule has 0 aliphatic carbocycles. The summed E-state index contributed by atoms with van der Waals surface area (Å²) in [5.41, 5.74) is 3.16. The highest BCUT2D eigenvalue weighted by Gasteiger charge is 2.21. The Balaban J connectivity index is 2.36. The third-order valence-electron chi connectivity index (χ3n) is 2.95. The van der Waals surface area contributed by atoms with Gasteiger partial charge in [-0.2, -0.15) is 0 Å². The Morgan fingerprint density at radius 1 is 1.54 bits per heavy atom. The number of aryl methyl sites for hydroxylation is 1. The van der Waals surface area contributed by atoms with Crippen LogP contribution in [0.25, 0.3) is 0 Å². The number of nitrogens with one attached hydrogen (secondary N) is 1.